The second-order valence-electron chi connectivity index (χ2n) is 9.84. The number of allylic oxidation sites excluding steroid dienone is 1. The molecular weight excluding hydrogens is 534 g/mol. The van der Waals surface area contributed by atoms with Crippen LogP contribution in [0.4, 0.5) is 4.39 Å². The lowest BCUT2D eigenvalue weighted by Crippen LogP contribution is -2.35. The maximum absolute atomic E-state index is 15.1. The maximum atomic E-state index is 15.1. The van der Waals surface area contributed by atoms with Crippen molar-refractivity contribution in [1.82, 2.24) is 0 Å². The van der Waals surface area contributed by atoms with Crippen molar-refractivity contribution in [2.24, 2.45) is 5.92 Å². The average Bonchev–Trinajstić information content (AvgIpc) is 3.67. The summed E-state index contributed by atoms with van der Waals surface area (Å²) in [6.45, 7) is 11.4. The van der Waals surface area contributed by atoms with Gasteiger partial charge in [0, 0.05) is 20.5 Å². The van der Waals surface area contributed by atoms with Crippen molar-refractivity contribution in [3.63, 3.8) is 0 Å². The summed E-state index contributed by atoms with van der Waals surface area (Å²) in [6, 6.07) is 8.70. The number of ketones is 1. The Hall–Kier alpha value is -1.99. The van der Waals surface area contributed by atoms with Gasteiger partial charge in [0.2, 0.25) is 9.84 Å². The van der Waals surface area contributed by atoms with E-state index in [0.717, 1.165) is 30.9 Å². The highest BCUT2D eigenvalue weighted by Crippen LogP contribution is 2.43. The van der Waals surface area contributed by atoms with E-state index in [1.165, 1.54) is 25.1 Å². The van der Waals surface area contributed by atoms with E-state index < -0.39 is 26.2 Å². The van der Waals surface area contributed by atoms with Crippen molar-refractivity contribution in [2.75, 3.05) is 6.61 Å². The number of carbonyl (C=O) groups excluding carboxylic acids is 1. The summed E-state index contributed by atoms with van der Waals surface area (Å²) >= 11 is 12.2. The van der Waals surface area contributed by atoms with Crippen LogP contribution in [0.1, 0.15) is 58.8 Å². The molecule has 0 N–H and O–H groups in total. The fourth-order valence-corrected chi connectivity index (χ4v) is 6.29. The van der Waals surface area contributed by atoms with Crippen molar-refractivity contribution in [3.8, 4) is 11.1 Å². The van der Waals surface area contributed by atoms with E-state index in [2.05, 4.69) is 13.2 Å². The predicted octanol–water partition coefficient (Wildman–Crippen LogP) is 8.37. The molecule has 200 valence electrons. The van der Waals surface area contributed by atoms with Crippen LogP contribution >= 0.6 is 23.2 Å². The number of carbonyl (C=O) groups is 1. The smallest absolute Gasteiger partial charge is 0.205 e. The van der Waals surface area contributed by atoms with Gasteiger partial charge in [0.25, 0.3) is 0 Å². The van der Waals surface area contributed by atoms with Crippen molar-refractivity contribution in [1.29, 1.82) is 0 Å². The minimum absolute atomic E-state index is 0.0550. The van der Waals surface area contributed by atoms with Gasteiger partial charge in [0.1, 0.15) is 17.3 Å². The van der Waals surface area contributed by atoms with Crippen LogP contribution in [-0.4, -0.2) is 26.4 Å². The summed E-state index contributed by atoms with van der Waals surface area (Å²) in [5.74, 6) is -0.544. The first-order valence-electron chi connectivity index (χ1n) is 12.4. The average molecular weight is 568 g/mol. The molecule has 0 aromatic heterocycles. The molecule has 0 bridgehead atoms. The molecule has 0 aliphatic heterocycles. The Labute approximate surface area is 229 Å². The first kappa shape index (κ1) is 29.6. The minimum Gasteiger partial charge on any atom is -0.367 e. The zero-order chi connectivity index (χ0) is 27.4. The molecule has 1 aliphatic rings. The minimum atomic E-state index is -4.16. The van der Waals surface area contributed by atoms with Gasteiger partial charge in [-0.2, -0.15) is 0 Å². The number of ether oxygens (including phenoxy) is 1. The van der Waals surface area contributed by atoms with Gasteiger partial charge < -0.3 is 4.74 Å². The summed E-state index contributed by atoms with van der Waals surface area (Å²) in [5.41, 5.74) is 1.30. The fraction of sp³-hybridized carbons (Fsp3) is 0.414. The summed E-state index contributed by atoms with van der Waals surface area (Å²) in [7, 11) is -4.16. The topological polar surface area (TPSA) is 60.4 Å². The number of hydrogen-bond acceptors (Lipinski definition) is 4. The first-order chi connectivity index (χ1) is 17.4. The van der Waals surface area contributed by atoms with Crippen LogP contribution in [0.5, 0.6) is 0 Å². The lowest BCUT2D eigenvalue weighted by Gasteiger charge is -2.35. The van der Waals surface area contributed by atoms with Crippen LogP contribution in [0.15, 0.2) is 64.9 Å². The van der Waals surface area contributed by atoms with Crippen LogP contribution in [-0.2, 0) is 19.4 Å². The Bertz CT molecular complexity index is 1300. The monoisotopic (exact) mass is 566 g/mol. The molecule has 8 heteroatoms. The van der Waals surface area contributed by atoms with E-state index in [1.54, 1.807) is 12.1 Å². The molecule has 2 aromatic rings. The molecular formula is C29H33Cl2FO4S. The lowest BCUT2D eigenvalue weighted by atomic mass is 9.84. The molecule has 1 fully saturated rings. The van der Waals surface area contributed by atoms with Crippen molar-refractivity contribution < 1.29 is 22.3 Å². The first-order valence-corrected chi connectivity index (χ1v) is 14.6. The van der Waals surface area contributed by atoms with Crippen molar-refractivity contribution in [2.45, 2.75) is 69.3 Å². The van der Waals surface area contributed by atoms with Gasteiger partial charge in [-0.25, -0.2) is 12.8 Å². The molecule has 1 aliphatic carbocycles. The Morgan fingerprint density at radius 2 is 1.84 bits per heavy atom. The molecule has 0 heterocycles. The molecule has 4 nitrogen and oxygen atoms in total. The highest BCUT2D eigenvalue weighted by atomic mass is 35.5. The van der Waals surface area contributed by atoms with E-state index in [9.17, 15) is 13.2 Å². The number of halogens is 3. The van der Waals surface area contributed by atoms with Crippen molar-refractivity contribution in [3.05, 3.63) is 75.9 Å². The lowest BCUT2D eigenvalue weighted by molar-refractivity contribution is -0.130. The second kappa shape index (κ2) is 12.2. The number of benzene rings is 2. The molecule has 3 rings (SSSR count). The molecule has 1 saturated carbocycles. The van der Waals surface area contributed by atoms with Crippen molar-refractivity contribution >= 4 is 38.8 Å². The summed E-state index contributed by atoms with van der Waals surface area (Å²) in [4.78, 5) is 11.1. The molecule has 0 saturated heterocycles. The van der Waals surface area contributed by atoms with Gasteiger partial charge in [-0.1, -0.05) is 67.4 Å². The zero-order valence-electron chi connectivity index (χ0n) is 21.3. The Morgan fingerprint density at radius 1 is 1.14 bits per heavy atom. The van der Waals surface area contributed by atoms with Crippen LogP contribution < -0.4 is 0 Å². The zero-order valence-corrected chi connectivity index (χ0v) is 23.6. The predicted molar refractivity (Wildman–Crippen MR) is 148 cm³/mol. The third-order valence-corrected chi connectivity index (χ3v) is 9.12. The molecule has 0 radical (unpaired) electrons. The van der Waals surface area contributed by atoms with Crippen LogP contribution in [0.2, 0.25) is 10.0 Å². The van der Waals surface area contributed by atoms with Gasteiger partial charge in [0.05, 0.1) is 5.60 Å². The molecule has 0 spiro atoms. The Kier molecular flexibility index (Phi) is 9.79. The van der Waals surface area contributed by atoms with E-state index in [-0.39, 0.29) is 23.7 Å². The number of hydrogen-bond donors (Lipinski definition) is 0. The SMILES string of the molecule is C=C(CC(CCC)(CCC(=C)S(=O)(=O)c1ccc(-c2ccc(Cl)cc2Cl)cc1F)OCC(C)=O)C1CC1. The van der Waals surface area contributed by atoms with Gasteiger partial charge >= 0.3 is 0 Å². The summed E-state index contributed by atoms with van der Waals surface area (Å²) < 4.78 is 47.8. The number of Topliss-reactive ketones (excluding diaryl/α,β-unsaturated/α-hetero) is 1. The van der Waals surface area contributed by atoms with Crippen LogP contribution in [0.3, 0.4) is 0 Å². The quantitative estimate of drug-likeness (QED) is 0.215. The fourth-order valence-electron chi connectivity index (χ4n) is 4.52. The highest BCUT2D eigenvalue weighted by molar-refractivity contribution is 7.95. The summed E-state index contributed by atoms with van der Waals surface area (Å²) in [5, 5.41) is 0.773. The van der Waals surface area contributed by atoms with Crippen LogP contribution in [0, 0.1) is 11.7 Å². The summed E-state index contributed by atoms with van der Waals surface area (Å²) in [6.07, 6.45) is 4.57. The number of sulfone groups is 1. The highest BCUT2D eigenvalue weighted by Gasteiger charge is 2.36. The van der Waals surface area contributed by atoms with Crippen LogP contribution in [0.25, 0.3) is 11.1 Å². The maximum Gasteiger partial charge on any atom is 0.205 e. The molecule has 37 heavy (non-hydrogen) atoms. The normalized spacial score (nSPS) is 15.3. The Balaban J connectivity index is 1.82. The van der Waals surface area contributed by atoms with Gasteiger partial charge in [-0.15, -0.1) is 0 Å². The van der Waals surface area contributed by atoms with E-state index >= 15 is 4.39 Å². The van der Waals surface area contributed by atoms with E-state index in [1.807, 2.05) is 6.92 Å². The van der Waals surface area contributed by atoms with E-state index in [0.29, 0.717) is 46.4 Å². The largest absolute Gasteiger partial charge is 0.367 e. The third-order valence-electron chi connectivity index (χ3n) is 6.69. The van der Waals surface area contributed by atoms with Gasteiger partial charge in [0.15, 0.2) is 5.78 Å². The Morgan fingerprint density at radius 3 is 2.41 bits per heavy atom. The molecule has 2 aromatic carbocycles. The molecule has 1 unspecified atom stereocenters. The van der Waals surface area contributed by atoms with Gasteiger partial charge in [-0.05, 0) is 81.2 Å². The molecule has 1 atom stereocenters. The standard InChI is InChI=1S/C29H33Cl2FO4S/c1-5-13-29(36-18-20(3)33,17-19(2)22-6-7-22)14-12-21(4)37(34,35)28-11-8-23(15-27(28)32)25-10-9-24(30)16-26(25)31/h8-11,15-16,22H,2,4-7,12-14,17-18H2,1,3H3. The third kappa shape index (κ3) is 7.53. The molecule has 0 amide bonds. The van der Waals surface area contributed by atoms with E-state index in [4.69, 9.17) is 27.9 Å². The van der Waals surface area contributed by atoms with Gasteiger partial charge in [-0.3, -0.25) is 4.79 Å². The number of rotatable bonds is 14. The second-order valence-corrected chi connectivity index (χ2v) is 12.7.